The molecule has 112 valence electrons. The molecule has 4 heteroatoms. The smallest absolute Gasteiger partial charge is 0.121 e. The number of nitrogens with zero attached hydrogens (tertiary/aromatic N) is 1. The standard InChI is InChI=1S/C16H26N2O2/c1-2-18(13-16-8-4-10-20-16)9-5-11-19-15-7-3-6-14(17)12-15/h3,6-7,12,16H,2,4-5,8-11,13,17H2,1H3. The SMILES string of the molecule is CCN(CCCOc1cccc(N)c1)CC1CCCO1. The van der Waals surface area contributed by atoms with Crippen molar-refractivity contribution >= 4 is 5.69 Å². The third-order valence-corrected chi connectivity index (χ3v) is 3.68. The topological polar surface area (TPSA) is 47.7 Å². The second-order valence-corrected chi connectivity index (χ2v) is 5.30. The van der Waals surface area contributed by atoms with Crippen molar-refractivity contribution in [1.82, 2.24) is 4.90 Å². The number of rotatable bonds is 8. The molecule has 1 saturated heterocycles. The summed E-state index contributed by atoms with van der Waals surface area (Å²) < 4.78 is 11.4. The molecule has 2 rings (SSSR count). The van der Waals surface area contributed by atoms with Gasteiger partial charge < -0.3 is 20.1 Å². The van der Waals surface area contributed by atoms with Crippen molar-refractivity contribution in [2.75, 3.05) is 38.6 Å². The zero-order valence-corrected chi connectivity index (χ0v) is 12.4. The van der Waals surface area contributed by atoms with Gasteiger partial charge in [0.25, 0.3) is 0 Å². The molecule has 1 fully saturated rings. The highest BCUT2D eigenvalue weighted by Gasteiger charge is 2.18. The maximum atomic E-state index is 5.72. The van der Waals surface area contributed by atoms with Gasteiger partial charge in [-0.3, -0.25) is 0 Å². The molecule has 1 aromatic carbocycles. The Kier molecular flexibility index (Phi) is 6.15. The Morgan fingerprint density at radius 2 is 2.35 bits per heavy atom. The molecule has 0 radical (unpaired) electrons. The van der Waals surface area contributed by atoms with Gasteiger partial charge in [-0.15, -0.1) is 0 Å². The van der Waals surface area contributed by atoms with Crippen LogP contribution in [-0.2, 0) is 4.74 Å². The van der Waals surface area contributed by atoms with E-state index in [0.29, 0.717) is 6.10 Å². The van der Waals surface area contributed by atoms with E-state index < -0.39 is 0 Å². The number of nitrogens with two attached hydrogens (primary N) is 1. The van der Waals surface area contributed by atoms with E-state index in [1.54, 1.807) is 0 Å². The molecule has 0 spiro atoms. The quantitative estimate of drug-likeness (QED) is 0.586. The van der Waals surface area contributed by atoms with E-state index in [0.717, 1.165) is 50.7 Å². The third kappa shape index (κ3) is 5.02. The molecular formula is C16H26N2O2. The predicted octanol–water partition coefficient (Wildman–Crippen LogP) is 2.54. The first-order chi connectivity index (χ1) is 9.78. The number of likely N-dealkylation sites (N-methyl/N-ethyl adjacent to an activating group) is 1. The molecular weight excluding hydrogens is 252 g/mol. The van der Waals surface area contributed by atoms with Crippen LogP contribution in [0.2, 0.25) is 0 Å². The molecule has 20 heavy (non-hydrogen) atoms. The van der Waals surface area contributed by atoms with Crippen molar-refractivity contribution in [2.45, 2.75) is 32.3 Å². The number of ether oxygens (including phenoxy) is 2. The summed E-state index contributed by atoms with van der Waals surface area (Å²) >= 11 is 0. The lowest BCUT2D eigenvalue weighted by atomic mass is 10.2. The van der Waals surface area contributed by atoms with Crippen molar-refractivity contribution in [3.05, 3.63) is 24.3 Å². The maximum absolute atomic E-state index is 5.72. The predicted molar refractivity (Wildman–Crippen MR) is 82.1 cm³/mol. The van der Waals surface area contributed by atoms with Crippen LogP contribution in [0.15, 0.2) is 24.3 Å². The minimum absolute atomic E-state index is 0.435. The van der Waals surface area contributed by atoms with Crippen molar-refractivity contribution in [1.29, 1.82) is 0 Å². The minimum Gasteiger partial charge on any atom is -0.493 e. The van der Waals surface area contributed by atoms with E-state index in [4.69, 9.17) is 15.2 Å². The van der Waals surface area contributed by atoms with Gasteiger partial charge in [0.2, 0.25) is 0 Å². The van der Waals surface area contributed by atoms with E-state index >= 15 is 0 Å². The van der Waals surface area contributed by atoms with Crippen LogP contribution in [0.1, 0.15) is 26.2 Å². The zero-order valence-electron chi connectivity index (χ0n) is 12.4. The van der Waals surface area contributed by atoms with Crippen LogP contribution in [-0.4, -0.2) is 43.9 Å². The van der Waals surface area contributed by atoms with Crippen molar-refractivity contribution in [3.8, 4) is 5.75 Å². The van der Waals surface area contributed by atoms with Crippen LogP contribution in [0.5, 0.6) is 5.75 Å². The maximum Gasteiger partial charge on any atom is 0.121 e. The highest BCUT2D eigenvalue weighted by atomic mass is 16.5. The zero-order chi connectivity index (χ0) is 14.2. The Labute approximate surface area is 121 Å². The molecule has 1 aromatic rings. The molecule has 0 amide bonds. The number of hydrogen-bond donors (Lipinski definition) is 1. The first kappa shape index (κ1) is 15.1. The third-order valence-electron chi connectivity index (χ3n) is 3.68. The summed E-state index contributed by atoms with van der Waals surface area (Å²) in [7, 11) is 0. The summed E-state index contributed by atoms with van der Waals surface area (Å²) in [5, 5.41) is 0. The molecule has 1 heterocycles. The Morgan fingerprint density at radius 3 is 3.05 bits per heavy atom. The van der Waals surface area contributed by atoms with Gasteiger partial charge in [0.1, 0.15) is 5.75 Å². The summed E-state index contributed by atoms with van der Waals surface area (Å²) in [4.78, 5) is 2.44. The van der Waals surface area contributed by atoms with Crippen LogP contribution in [0.3, 0.4) is 0 Å². The molecule has 1 atom stereocenters. The van der Waals surface area contributed by atoms with Gasteiger partial charge >= 0.3 is 0 Å². The highest BCUT2D eigenvalue weighted by Crippen LogP contribution is 2.15. The molecule has 4 nitrogen and oxygen atoms in total. The van der Waals surface area contributed by atoms with Crippen molar-refractivity contribution < 1.29 is 9.47 Å². The Balaban J connectivity index is 1.63. The first-order valence-electron chi connectivity index (χ1n) is 7.60. The molecule has 0 bridgehead atoms. The second-order valence-electron chi connectivity index (χ2n) is 5.30. The Hall–Kier alpha value is -1.26. The molecule has 1 aliphatic heterocycles. The van der Waals surface area contributed by atoms with Crippen LogP contribution >= 0.6 is 0 Å². The van der Waals surface area contributed by atoms with Gasteiger partial charge in [-0.25, -0.2) is 0 Å². The molecule has 1 aliphatic rings. The number of hydrogen-bond acceptors (Lipinski definition) is 4. The summed E-state index contributed by atoms with van der Waals surface area (Å²) in [5.41, 5.74) is 6.47. The van der Waals surface area contributed by atoms with E-state index in [1.807, 2.05) is 24.3 Å². The lowest BCUT2D eigenvalue weighted by Gasteiger charge is -2.23. The summed E-state index contributed by atoms with van der Waals surface area (Å²) in [6.07, 6.45) is 3.87. The monoisotopic (exact) mass is 278 g/mol. The number of nitrogen functional groups attached to an aromatic ring is 1. The van der Waals surface area contributed by atoms with Gasteiger partial charge in [-0.05, 0) is 37.9 Å². The number of benzene rings is 1. The van der Waals surface area contributed by atoms with E-state index in [2.05, 4.69) is 11.8 Å². The van der Waals surface area contributed by atoms with Gasteiger partial charge in [0.15, 0.2) is 0 Å². The van der Waals surface area contributed by atoms with Gasteiger partial charge in [0, 0.05) is 31.5 Å². The fourth-order valence-electron chi connectivity index (χ4n) is 2.54. The molecule has 0 saturated carbocycles. The lowest BCUT2D eigenvalue weighted by molar-refractivity contribution is 0.0730. The normalized spacial score (nSPS) is 18.6. The van der Waals surface area contributed by atoms with Crippen LogP contribution < -0.4 is 10.5 Å². The van der Waals surface area contributed by atoms with Crippen LogP contribution in [0.4, 0.5) is 5.69 Å². The minimum atomic E-state index is 0.435. The van der Waals surface area contributed by atoms with Gasteiger partial charge in [-0.1, -0.05) is 13.0 Å². The average Bonchev–Trinajstić information content (AvgIpc) is 2.95. The average molecular weight is 278 g/mol. The largest absolute Gasteiger partial charge is 0.493 e. The fourth-order valence-corrected chi connectivity index (χ4v) is 2.54. The van der Waals surface area contributed by atoms with Crippen LogP contribution in [0, 0.1) is 0 Å². The summed E-state index contributed by atoms with van der Waals surface area (Å²) in [5.74, 6) is 0.854. The molecule has 0 aromatic heterocycles. The van der Waals surface area contributed by atoms with E-state index in [9.17, 15) is 0 Å². The Bertz CT molecular complexity index is 392. The summed E-state index contributed by atoms with van der Waals surface area (Å²) in [6.45, 7) is 7.03. The molecule has 0 aliphatic carbocycles. The van der Waals surface area contributed by atoms with Crippen LogP contribution in [0.25, 0.3) is 0 Å². The first-order valence-corrected chi connectivity index (χ1v) is 7.60. The van der Waals surface area contributed by atoms with E-state index in [1.165, 1.54) is 12.8 Å². The van der Waals surface area contributed by atoms with Gasteiger partial charge in [-0.2, -0.15) is 0 Å². The highest BCUT2D eigenvalue weighted by molar-refractivity contribution is 5.43. The fraction of sp³-hybridized carbons (Fsp3) is 0.625. The van der Waals surface area contributed by atoms with E-state index in [-0.39, 0.29) is 0 Å². The molecule has 2 N–H and O–H groups in total. The second kappa shape index (κ2) is 8.12. The number of anilines is 1. The lowest BCUT2D eigenvalue weighted by Crippen LogP contribution is -2.33. The Morgan fingerprint density at radius 1 is 1.45 bits per heavy atom. The summed E-state index contributed by atoms with van der Waals surface area (Å²) in [6, 6.07) is 7.60. The van der Waals surface area contributed by atoms with Crippen molar-refractivity contribution in [2.24, 2.45) is 0 Å². The molecule has 1 unspecified atom stereocenters. The van der Waals surface area contributed by atoms with Gasteiger partial charge in [0.05, 0.1) is 12.7 Å². The van der Waals surface area contributed by atoms with Crippen molar-refractivity contribution in [3.63, 3.8) is 0 Å².